The summed E-state index contributed by atoms with van der Waals surface area (Å²) >= 11 is 12.5. The predicted octanol–water partition coefficient (Wildman–Crippen LogP) is 5.49. The molecule has 218 valence electrons. The molecule has 2 aliphatic rings. The van der Waals surface area contributed by atoms with Crippen molar-refractivity contribution in [2.24, 2.45) is 5.41 Å². The lowest BCUT2D eigenvalue weighted by Gasteiger charge is -2.37. The van der Waals surface area contributed by atoms with Crippen LogP contribution >= 0.6 is 23.2 Å². The summed E-state index contributed by atoms with van der Waals surface area (Å²) in [6.07, 6.45) is 2.16. The minimum atomic E-state index is -1.35. The Balaban J connectivity index is 1.65. The number of halogens is 3. The molecule has 0 aliphatic carbocycles. The number of benzene rings is 2. The molecule has 8 nitrogen and oxygen atoms in total. The molecule has 2 aromatic carbocycles. The van der Waals surface area contributed by atoms with Crippen molar-refractivity contribution in [3.05, 3.63) is 75.7 Å². The number of aliphatic hydroxyl groups is 1. The fraction of sp³-hybridized carbons (Fsp3) is 0.433. The van der Waals surface area contributed by atoms with E-state index in [2.05, 4.69) is 41.8 Å². The standard InChI is InChI=1S/C30H34Cl2FN5O3/c1-28(2,3)14-21-30(18-10-9-16(31)13-20(18)34-27(30)40)23(17-7-6-8-19(32)24(17)33)25(35-21)26(39)36-22-11-12-38(37-22)15-29(4,5)41/h6-13,21,23,25,35,41H,14-15H2,1-5H3,(H,34,40)(H,36,37,39). The number of anilines is 2. The van der Waals surface area contributed by atoms with E-state index in [-0.39, 0.29) is 34.3 Å². The Hall–Kier alpha value is -2.98. The number of fused-ring (bicyclic) bond motifs is 2. The maximum atomic E-state index is 15.9. The lowest BCUT2D eigenvalue weighted by atomic mass is 9.62. The average Bonchev–Trinajstić information content (AvgIpc) is 3.49. The number of nitrogens with one attached hydrogen (secondary N) is 3. The monoisotopic (exact) mass is 601 g/mol. The molecular formula is C30H34Cl2FN5O3. The van der Waals surface area contributed by atoms with E-state index in [1.54, 1.807) is 56.4 Å². The summed E-state index contributed by atoms with van der Waals surface area (Å²) in [5.41, 5.74) is -1.27. The van der Waals surface area contributed by atoms with Gasteiger partial charge in [0.05, 0.1) is 23.2 Å². The van der Waals surface area contributed by atoms with Gasteiger partial charge in [-0.3, -0.25) is 14.3 Å². The molecule has 3 aromatic rings. The number of aromatic nitrogens is 2. The molecule has 1 aromatic heterocycles. The van der Waals surface area contributed by atoms with Crippen LogP contribution < -0.4 is 16.0 Å². The molecular weight excluding hydrogens is 568 g/mol. The summed E-state index contributed by atoms with van der Waals surface area (Å²) in [6, 6.07) is 9.84. The molecule has 2 amide bonds. The molecule has 1 spiro atoms. The van der Waals surface area contributed by atoms with E-state index in [1.165, 1.54) is 10.7 Å². The zero-order valence-electron chi connectivity index (χ0n) is 23.6. The van der Waals surface area contributed by atoms with Crippen LogP contribution in [0.15, 0.2) is 48.7 Å². The second-order valence-electron chi connectivity index (χ2n) is 12.8. The van der Waals surface area contributed by atoms with Crippen LogP contribution in [0.3, 0.4) is 0 Å². The highest BCUT2D eigenvalue weighted by atomic mass is 35.5. The molecule has 0 bridgehead atoms. The number of nitrogens with zero attached hydrogens (tertiary/aromatic N) is 2. The first-order valence-corrected chi connectivity index (χ1v) is 14.2. The highest BCUT2D eigenvalue weighted by molar-refractivity contribution is 6.31. The zero-order valence-corrected chi connectivity index (χ0v) is 25.1. The molecule has 3 heterocycles. The Morgan fingerprint density at radius 1 is 1.17 bits per heavy atom. The molecule has 2 aliphatic heterocycles. The summed E-state index contributed by atoms with van der Waals surface area (Å²) in [5, 5.41) is 24.1. The van der Waals surface area contributed by atoms with E-state index >= 15 is 4.39 Å². The highest BCUT2D eigenvalue weighted by Crippen LogP contribution is 2.57. The second kappa shape index (κ2) is 10.4. The van der Waals surface area contributed by atoms with E-state index in [9.17, 15) is 14.7 Å². The fourth-order valence-corrected chi connectivity index (χ4v) is 6.62. The third-order valence-electron chi connectivity index (χ3n) is 7.66. The van der Waals surface area contributed by atoms with Crippen LogP contribution in [0, 0.1) is 11.2 Å². The van der Waals surface area contributed by atoms with Crippen LogP contribution in [0.1, 0.15) is 58.1 Å². The maximum absolute atomic E-state index is 15.9. The average molecular weight is 603 g/mol. The van der Waals surface area contributed by atoms with Crippen LogP contribution in [0.5, 0.6) is 0 Å². The van der Waals surface area contributed by atoms with Crippen molar-refractivity contribution in [2.45, 2.75) is 76.6 Å². The van der Waals surface area contributed by atoms with Crippen molar-refractivity contribution in [1.29, 1.82) is 0 Å². The Morgan fingerprint density at radius 3 is 2.59 bits per heavy atom. The van der Waals surface area contributed by atoms with Gasteiger partial charge in [0, 0.05) is 34.9 Å². The first kappa shape index (κ1) is 29.5. The number of hydrogen-bond donors (Lipinski definition) is 4. The van der Waals surface area contributed by atoms with E-state index in [0.717, 1.165) is 0 Å². The highest BCUT2D eigenvalue weighted by Gasteiger charge is 2.66. The lowest BCUT2D eigenvalue weighted by Crippen LogP contribution is -2.49. The van der Waals surface area contributed by atoms with Crippen LogP contribution in [-0.2, 0) is 21.5 Å². The Kier molecular flexibility index (Phi) is 7.47. The smallest absolute Gasteiger partial charge is 0.243 e. The molecule has 1 fully saturated rings. The number of hydrogen-bond acceptors (Lipinski definition) is 5. The summed E-state index contributed by atoms with van der Waals surface area (Å²) in [6.45, 7) is 9.69. The number of rotatable bonds is 6. The third-order valence-corrected chi connectivity index (χ3v) is 8.19. The largest absolute Gasteiger partial charge is 0.389 e. The van der Waals surface area contributed by atoms with Gasteiger partial charge in [-0.15, -0.1) is 0 Å². The second-order valence-corrected chi connectivity index (χ2v) is 13.6. The van der Waals surface area contributed by atoms with Crippen LogP contribution in [0.2, 0.25) is 10.0 Å². The van der Waals surface area contributed by atoms with Gasteiger partial charge in [0.25, 0.3) is 0 Å². The van der Waals surface area contributed by atoms with Crippen molar-refractivity contribution in [3.63, 3.8) is 0 Å². The van der Waals surface area contributed by atoms with E-state index in [1.807, 2.05) is 0 Å². The Labute approximate surface area is 248 Å². The molecule has 1 saturated heterocycles. The molecule has 41 heavy (non-hydrogen) atoms. The topological polar surface area (TPSA) is 108 Å². The summed E-state index contributed by atoms with van der Waals surface area (Å²) in [7, 11) is 0. The predicted molar refractivity (Wildman–Crippen MR) is 158 cm³/mol. The van der Waals surface area contributed by atoms with Gasteiger partial charge in [0.2, 0.25) is 11.8 Å². The molecule has 5 rings (SSSR count). The maximum Gasteiger partial charge on any atom is 0.243 e. The van der Waals surface area contributed by atoms with Gasteiger partial charge in [0.15, 0.2) is 5.82 Å². The van der Waals surface area contributed by atoms with Gasteiger partial charge in [-0.05, 0) is 55.0 Å². The number of amides is 2. The van der Waals surface area contributed by atoms with Crippen molar-refractivity contribution in [1.82, 2.24) is 15.1 Å². The van der Waals surface area contributed by atoms with Crippen LogP contribution in [0.4, 0.5) is 15.9 Å². The van der Waals surface area contributed by atoms with E-state index < -0.39 is 40.7 Å². The Bertz CT molecular complexity index is 1510. The number of carbonyl (C=O) groups is 2. The quantitative estimate of drug-likeness (QED) is 0.299. The molecule has 4 N–H and O–H groups in total. The van der Waals surface area contributed by atoms with Crippen molar-refractivity contribution < 1.29 is 19.1 Å². The van der Waals surface area contributed by atoms with Gasteiger partial charge >= 0.3 is 0 Å². The third kappa shape index (κ3) is 5.48. The SMILES string of the molecule is CC(C)(C)CC1NC(C(=O)Nc2ccn(CC(C)(C)O)n2)C(c2cccc(Cl)c2F)C12C(=O)Nc1cc(Cl)ccc12. The first-order chi connectivity index (χ1) is 19.1. The summed E-state index contributed by atoms with van der Waals surface area (Å²) in [4.78, 5) is 28.2. The summed E-state index contributed by atoms with van der Waals surface area (Å²) < 4.78 is 17.4. The summed E-state index contributed by atoms with van der Waals surface area (Å²) in [5.74, 6) is -2.20. The lowest BCUT2D eigenvalue weighted by molar-refractivity contribution is -0.122. The Morgan fingerprint density at radius 2 is 1.90 bits per heavy atom. The fourth-order valence-electron chi connectivity index (χ4n) is 6.27. The van der Waals surface area contributed by atoms with Crippen LogP contribution in [-0.4, -0.2) is 44.4 Å². The van der Waals surface area contributed by atoms with E-state index in [4.69, 9.17) is 23.2 Å². The van der Waals surface area contributed by atoms with Crippen LogP contribution in [0.25, 0.3) is 0 Å². The van der Waals surface area contributed by atoms with Crippen molar-refractivity contribution >= 4 is 46.5 Å². The normalized spacial score (nSPS) is 24.0. The molecule has 4 atom stereocenters. The van der Waals surface area contributed by atoms with Gasteiger partial charge < -0.3 is 21.1 Å². The van der Waals surface area contributed by atoms with Gasteiger partial charge in [-0.25, -0.2) is 4.39 Å². The number of carbonyl (C=O) groups excluding carboxylic acids is 2. The molecule has 0 saturated carbocycles. The molecule has 4 unspecified atom stereocenters. The van der Waals surface area contributed by atoms with Gasteiger partial charge in [-0.2, -0.15) is 5.10 Å². The molecule has 0 radical (unpaired) electrons. The molecule has 11 heteroatoms. The van der Waals surface area contributed by atoms with Gasteiger partial charge in [0.1, 0.15) is 11.2 Å². The van der Waals surface area contributed by atoms with Gasteiger partial charge in [-0.1, -0.05) is 62.2 Å². The van der Waals surface area contributed by atoms with E-state index in [0.29, 0.717) is 22.7 Å². The minimum Gasteiger partial charge on any atom is -0.389 e. The van der Waals surface area contributed by atoms with Crippen molar-refractivity contribution in [3.8, 4) is 0 Å². The first-order valence-electron chi connectivity index (χ1n) is 13.5. The van der Waals surface area contributed by atoms with Crippen molar-refractivity contribution in [2.75, 3.05) is 10.6 Å². The minimum absolute atomic E-state index is 0.101. The zero-order chi connectivity index (χ0) is 29.9.